The predicted octanol–water partition coefficient (Wildman–Crippen LogP) is 3.67. The molecule has 2 aromatic carbocycles. The maximum absolute atomic E-state index is 12.6. The van der Waals surface area contributed by atoms with Crippen LogP contribution in [0.3, 0.4) is 0 Å². The first-order valence-corrected chi connectivity index (χ1v) is 10.7. The number of sulfonamides is 1. The minimum atomic E-state index is -3.53. The van der Waals surface area contributed by atoms with E-state index < -0.39 is 10.0 Å². The average molecular weight is 441 g/mol. The Morgan fingerprint density at radius 3 is 2.39 bits per heavy atom. The van der Waals surface area contributed by atoms with E-state index in [2.05, 4.69) is 5.32 Å². The van der Waals surface area contributed by atoms with Crippen LogP contribution in [0.4, 0.5) is 5.69 Å². The standard InChI is InChI=1S/C19H18Cl2N2O4S/c20-15-4-7-18(17(21)13-15)22-19(24)8-3-14-1-5-16(6-2-14)28(25,26)23-9-11-27-12-10-23/h1-8,13H,9-12H2,(H,22,24)/b8-3+. The van der Waals surface area contributed by atoms with Crippen molar-refractivity contribution in [3.8, 4) is 0 Å². The molecule has 0 radical (unpaired) electrons. The molecule has 0 unspecified atom stereocenters. The van der Waals surface area contributed by atoms with Crippen LogP contribution in [0, 0.1) is 0 Å². The van der Waals surface area contributed by atoms with Crippen LogP contribution in [0.5, 0.6) is 0 Å². The molecular weight excluding hydrogens is 423 g/mol. The molecule has 1 saturated heterocycles. The van der Waals surface area contributed by atoms with Gasteiger partial charge >= 0.3 is 0 Å². The Labute approximate surface area is 173 Å². The molecule has 1 fully saturated rings. The number of hydrogen-bond acceptors (Lipinski definition) is 4. The first-order valence-electron chi connectivity index (χ1n) is 8.48. The lowest BCUT2D eigenvalue weighted by molar-refractivity contribution is -0.111. The van der Waals surface area contributed by atoms with Gasteiger partial charge in [-0.3, -0.25) is 4.79 Å². The Balaban J connectivity index is 1.65. The maximum Gasteiger partial charge on any atom is 0.248 e. The zero-order chi connectivity index (χ0) is 20.1. The largest absolute Gasteiger partial charge is 0.379 e. The summed E-state index contributed by atoms with van der Waals surface area (Å²) in [6.07, 6.45) is 2.93. The molecule has 9 heteroatoms. The number of nitrogens with zero attached hydrogens (tertiary/aromatic N) is 1. The van der Waals surface area contributed by atoms with E-state index in [1.165, 1.54) is 28.6 Å². The summed E-state index contributed by atoms with van der Waals surface area (Å²) in [5.41, 5.74) is 1.14. The molecule has 0 spiro atoms. The van der Waals surface area contributed by atoms with E-state index in [0.717, 1.165) is 0 Å². The molecule has 1 amide bonds. The highest BCUT2D eigenvalue weighted by Gasteiger charge is 2.25. The van der Waals surface area contributed by atoms with Crippen LogP contribution < -0.4 is 5.32 Å². The molecule has 0 bridgehead atoms. The molecule has 28 heavy (non-hydrogen) atoms. The van der Waals surface area contributed by atoms with E-state index in [1.807, 2.05) is 0 Å². The Kier molecular flexibility index (Phi) is 6.74. The van der Waals surface area contributed by atoms with Gasteiger partial charge in [-0.05, 0) is 42.0 Å². The van der Waals surface area contributed by atoms with Crippen LogP contribution in [0.15, 0.2) is 53.4 Å². The Morgan fingerprint density at radius 2 is 1.75 bits per heavy atom. The van der Waals surface area contributed by atoms with Crippen molar-refractivity contribution in [3.05, 3.63) is 64.1 Å². The fraction of sp³-hybridized carbons (Fsp3) is 0.211. The quantitative estimate of drug-likeness (QED) is 0.719. The van der Waals surface area contributed by atoms with Gasteiger partial charge in [-0.1, -0.05) is 35.3 Å². The fourth-order valence-electron chi connectivity index (χ4n) is 2.62. The fourth-order valence-corrected chi connectivity index (χ4v) is 4.49. The number of nitrogens with one attached hydrogen (secondary N) is 1. The monoisotopic (exact) mass is 440 g/mol. The van der Waals surface area contributed by atoms with Crippen molar-refractivity contribution < 1.29 is 17.9 Å². The van der Waals surface area contributed by atoms with Crippen LogP contribution in [-0.4, -0.2) is 44.9 Å². The SMILES string of the molecule is O=C(/C=C/c1ccc(S(=O)(=O)N2CCOCC2)cc1)Nc1ccc(Cl)cc1Cl. The molecule has 1 N–H and O–H groups in total. The molecule has 1 heterocycles. The highest BCUT2D eigenvalue weighted by molar-refractivity contribution is 7.89. The lowest BCUT2D eigenvalue weighted by Crippen LogP contribution is -2.40. The summed E-state index contributed by atoms with van der Waals surface area (Å²) in [7, 11) is -3.53. The second kappa shape index (κ2) is 9.07. The number of amides is 1. The van der Waals surface area contributed by atoms with Crippen molar-refractivity contribution in [2.45, 2.75) is 4.90 Å². The first-order chi connectivity index (χ1) is 13.4. The van der Waals surface area contributed by atoms with Gasteiger partial charge in [0, 0.05) is 24.2 Å². The molecule has 0 atom stereocenters. The highest BCUT2D eigenvalue weighted by atomic mass is 35.5. The average Bonchev–Trinajstić information content (AvgIpc) is 2.69. The van der Waals surface area contributed by atoms with Gasteiger partial charge in [-0.15, -0.1) is 0 Å². The number of benzene rings is 2. The van der Waals surface area contributed by atoms with Gasteiger partial charge in [-0.25, -0.2) is 8.42 Å². The number of ether oxygens (including phenoxy) is 1. The Hall–Kier alpha value is -1.90. The zero-order valence-electron chi connectivity index (χ0n) is 14.8. The molecule has 0 aliphatic carbocycles. The van der Waals surface area contributed by atoms with Crippen molar-refractivity contribution in [3.63, 3.8) is 0 Å². The van der Waals surface area contributed by atoms with Gasteiger partial charge in [0.05, 0.1) is 28.8 Å². The van der Waals surface area contributed by atoms with E-state index in [9.17, 15) is 13.2 Å². The van der Waals surface area contributed by atoms with Crippen LogP contribution >= 0.6 is 23.2 Å². The molecule has 1 aliphatic rings. The number of anilines is 1. The molecule has 0 saturated carbocycles. The lowest BCUT2D eigenvalue weighted by atomic mass is 10.2. The van der Waals surface area contributed by atoms with Crippen LogP contribution in [-0.2, 0) is 19.6 Å². The predicted molar refractivity (Wildman–Crippen MR) is 110 cm³/mol. The highest BCUT2D eigenvalue weighted by Crippen LogP contribution is 2.25. The topological polar surface area (TPSA) is 75.7 Å². The normalized spacial score (nSPS) is 15.6. The van der Waals surface area contributed by atoms with Gasteiger partial charge in [0.1, 0.15) is 0 Å². The molecule has 6 nitrogen and oxygen atoms in total. The molecule has 1 aliphatic heterocycles. The summed E-state index contributed by atoms with van der Waals surface area (Å²) in [5, 5.41) is 3.47. The van der Waals surface area contributed by atoms with Crippen molar-refractivity contribution >= 4 is 50.9 Å². The molecule has 148 valence electrons. The number of hydrogen-bond donors (Lipinski definition) is 1. The second-order valence-electron chi connectivity index (χ2n) is 6.03. The number of carbonyl (C=O) groups excluding carboxylic acids is 1. The van der Waals surface area contributed by atoms with Crippen molar-refractivity contribution in [1.82, 2.24) is 4.31 Å². The van der Waals surface area contributed by atoms with E-state index in [1.54, 1.807) is 30.3 Å². The first kappa shape index (κ1) is 20.8. The Morgan fingerprint density at radius 1 is 1.07 bits per heavy atom. The molecule has 2 aromatic rings. The van der Waals surface area contributed by atoms with Crippen molar-refractivity contribution in [1.29, 1.82) is 0 Å². The van der Waals surface area contributed by atoms with E-state index in [-0.39, 0.29) is 10.8 Å². The van der Waals surface area contributed by atoms with Crippen LogP contribution in [0.2, 0.25) is 10.0 Å². The molecule has 0 aromatic heterocycles. The van der Waals surface area contributed by atoms with Gasteiger partial charge in [0.25, 0.3) is 0 Å². The summed E-state index contributed by atoms with van der Waals surface area (Å²) in [4.78, 5) is 12.3. The number of carbonyl (C=O) groups is 1. The van der Waals surface area contributed by atoms with Gasteiger partial charge in [0.15, 0.2) is 0 Å². The Bertz CT molecular complexity index is 985. The third-order valence-electron chi connectivity index (χ3n) is 4.10. The van der Waals surface area contributed by atoms with Gasteiger partial charge < -0.3 is 10.1 Å². The van der Waals surface area contributed by atoms with Gasteiger partial charge in [-0.2, -0.15) is 4.31 Å². The number of halogens is 2. The summed E-state index contributed by atoms with van der Waals surface area (Å²) >= 11 is 11.8. The van der Waals surface area contributed by atoms with Gasteiger partial charge in [0.2, 0.25) is 15.9 Å². The zero-order valence-corrected chi connectivity index (χ0v) is 17.1. The minimum Gasteiger partial charge on any atom is -0.379 e. The third kappa shape index (κ3) is 5.12. The molecule has 3 rings (SSSR count). The molecular formula is C19H18Cl2N2O4S. The van der Waals surface area contributed by atoms with E-state index in [4.69, 9.17) is 27.9 Å². The number of rotatable bonds is 5. The minimum absolute atomic E-state index is 0.212. The third-order valence-corrected chi connectivity index (χ3v) is 6.56. The van der Waals surface area contributed by atoms with E-state index >= 15 is 0 Å². The second-order valence-corrected chi connectivity index (χ2v) is 8.81. The van der Waals surface area contributed by atoms with Crippen molar-refractivity contribution in [2.24, 2.45) is 0 Å². The summed E-state index contributed by atoms with van der Waals surface area (Å²) in [5.74, 6) is -0.366. The van der Waals surface area contributed by atoms with Crippen LogP contribution in [0.25, 0.3) is 6.08 Å². The summed E-state index contributed by atoms with van der Waals surface area (Å²) in [6, 6.07) is 11.1. The summed E-state index contributed by atoms with van der Waals surface area (Å²) in [6.45, 7) is 1.48. The summed E-state index contributed by atoms with van der Waals surface area (Å²) < 4.78 is 31.8. The van der Waals surface area contributed by atoms with Crippen molar-refractivity contribution in [2.75, 3.05) is 31.6 Å². The lowest BCUT2D eigenvalue weighted by Gasteiger charge is -2.26. The number of morpholine rings is 1. The van der Waals surface area contributed by atoms with E-state index in [0.29, 0.717) is 47.6 Å². The van der Waals surface area contributed by atoms with Crippen LogP contribution in [0.1, 0.15) is 5.56 Å². The maximum atomic E-state index is 12.6. The smallest absolute Gasteiger partial charge is 0.248 e.